The first-order chi connectivity index (χ1) is 13.0. The highest BCUT2D eigenvalue weighted by atomic mass is 35.5. The van der Waals surface area contributed by atoms with Crippen molar-refractivity contribution in [3.63, 3.8) is 0 Å². The molecule has 1 heterocycles. The summed E-state index contributed by atoms with van der Waals surface area (Å²) in [5.41, 5.74) is 4.88. The van der Waals surface area contributed by atoms with Crippen LogP contribution in [0.2, 0.25) is 5.02 Å². The minimum absolute atomic E-state index is 0.174. The van der Waals surface area contributed by atoms with Crippen LogP contribution in [0.25, 0.3) is 10.4 Å². The molecule has 4 nitrogen and oxygen atoms in total. The van der Waals surface area contributed by atoms with Crippen molar-refractivity contribution in [1.29, 1.82) is 0 Å². The Labute approximate surface area is 166 Å². The number of carbonyl (C=O) groups excluding carboxylic acids is 2. The lowest BCUT2D eigenvalue weighted by molar-refractivity contribution is -0.114. The fourth-order valence-corrected chi connectivity index (χ4v) is 4.66. The van der Waals surface area contributed by atoms with E-state index < -0.39 is 0 Å². The number of benzene rings is 2. The molecule has 0 spiro atoms. The van der Waals surface area contributed by atoms with Crippen LogP contribution in [-0.4, -0.2) is 11.8 Å². The molecular weight excluding hydrogens is 380 g/mol. The molecule has 0 aliphatic heterocycles. The van der Waals surface area contributed by atoms with Crippen LogP contribution in [0.5, 0.6) is 0 Å². The van der Waals surface area contributed by atoms with E-state index in [1.54, 1.807) is 18.2 Å². The average Bonchev–Trinajstić information content (AvgIpc) is 3.08. The van der Waals surface area contributed by atoms with E-state index in [4.69, 9.17) is 11.6 Å². The predicted molar refractivity (Wildman–Crippen MR) is 111 cm³/mol. The van der Waals surface area contributed by atoms with Crippen molar-refractivity contribution < 1.29 is 9.59 Å². The van der Waals surface area contributed by atoms with E-state index in [0.29, 0.717) is 21.3 Å². The number of halogens is 1. The molecule has 1 aliphatic rings. The van der Waals surface area contributed by atoms with Crippen molar-refractivity contribution in [2.45, 2.75) is 19.8 Å². The van der Waals surface area contributed by atoms with Gasteiger partial charge in [-0.05, 0) is 53.8 Å². The number of carbonyl (C=O) groups is 2. The molecule has 0 unspecified atom stereocenters. The highest BCUT2D eigenvalue weighted by molar-refractivity contribution is 7.17. The van der Waals surface area contributed by atoms with Gasteiger partial charge in [0.2, 0.25) is 5.91 Å². The summed E-state index contributed by atoms with van der Waals surface area (Å²) >= 11 is 7.76. The van der Waals surface area contributed by atoms with Gasteiger partial charge in [-0.15, -0.1) is 11.3 Å². The summed E-state index contributed by atoms with van der Waals surface area (Å²) in [7, 11) is 0. The average molecular weight is 397 g/mol. The van der Waals surface area contributed by atoms with Gasteiger partial charge >= 0.3 is 0 Å². The molecule has 136 valence electrons. The lowest BCUT2D eigenvalue weighted by Gasteiger charge is -2.15. The Bertz CT molecular complexity index is 1060. The molecule has 0 saturated carbocycles. The van der Waals surface area contributed by atoms with E-state index >= 15 is 0 Å². The highest BCUT2D eigenvalue weighted by Crippen LogP contribution is 2.39. The number of anilines is 2. The maximum absolute atomic E-state index is 12.7. The molecule has 4 rings (SSSR count). The van der Waals surface area contributed by atoms with Crippen molar-refractivity contribution in [3.05, 3.63) is 69.6 Å². The molecule has 0 fully saturated rings. The monoisotopic (exact) mass is 396 g/mol. The Kier molecular flexibility index (Phi) is 4.72. The summed E-state index contributed by atoms with van der Waals surface area (Å²) in [6, 6.07) is 15.3. The van der Waals surface area contributed by atoms with Crippen molar-refractivity contribution in [2.24, 2.45) is 0 Å². The van der Waals surface area contributed by atoms with Crippen LogP contribution in [0.15, 0.2) is 48.5 Å². The summed E-state index contributed by atoms with van der Waals surface area (Å²) in [5, 5.41) is 5.91. The van der Waals surface area contributed by atoms with Crippen LogP contribution in [0, 0.1) is 0 Å². The zero-order valence-electron chi connectivity index (χ0n) is 14.6. The fourth-order valence-electron chi connectivity index (χ4n) is 3.26. The number of hydrogen-bond acceptors (Lipinski definition) is 3. The van der Waals surface area contributed by atoms with E-state index in [1.807, 2.05) is 12.1 Å². The summed E-state index contributed by atoms with van der Waals surface area (Å²) in [6.45, 7) is 1.43. The number of hydrogen-bond donors (Lipinski definition) is 2. The Morgan fingerprint density at radius 3 is 2.56 bits per heavy atom. The summed E-state index contributed by atoms with van der Waals surface area (Å²) < 4.78 is 0. The molecule has 1 aromatic heterocycles. The molecular formula is C21H17ClN2O2S. The number of rotatable bonds is 3. The van der Waals surface area contributed by atoms with Gasteiger partial charge < -0.3 is 10.6 Å². The van der Waals surface area contributed by atoms with E-state index in [9.17, 15) is 9.59 Å². The molecule has 0 radical (unpaired) electrons. The van der Waals surface area contributed by atoms with Crippen LogP contribution < -0.4 is 10.6 Å². The van der Waals surface area contributed by atoms with E-state index in [2.05, 4.69) is 28.8 Å². The number of aryl methyl sites for hydroxylation is 2. The van der Waals surface area contributed by atoms with E-state index in [1.165, 1.54) is 39.8 Å². The number of amides is 2. The fraction of sp³-hybridized carbons (Fsp3) is 0.143. The van der Waals surface area contributed by atoms with Gasteiger partial charge in [0.05, 0.1) is 15.6 Å². The number of fused-ring (bicyclic) bond motifs is 3. The highest BCUT2D eigenvalue weighted by Gasteiger charge is 2.21. The maximum Gasteiger partial charge on any atom is 0.265 e. The van der Waals surface area contributed by atoms with E-state index in [0.717, 1.165) is 12.8 Å². The van der Waals surface area contributed by atoms with Gasteiger partial charge in [-0.1, -0.05) is 35.9 Å². The lowest BCUT2D eigenvalue weighted by Crippen LogP contribution is -2.11. The predicted octanol–water partition coefficient (Wildman–Crippen LogP) is 5.38. The van der Waals surface area contributed by atoms with Gasteiger partial charge in [-0.3, -0.25) is 9.59 Å². The van der Waals surface area contributed by atoms with Crippen LogP contribution >= 0.6 is 22.9 Å². The SMILES string of the molecule is CC(=O)Nc1ccc(NC(=O)c2cc3c(s2)-c2ccccc2CC3)c(Cl)c1. The first-order valence-corrected chi connectivity index (χ1v) is 9.80. The third-order valence-corrected chi connectivity index (χ3v) is 6.02. The van der Waals surface area contributed by atoms with Crippen molar-refractivity contribution in [1.82, 2.24) is 0 Å². The Morgan fingerprint density at radius 2 is 1.78 bits per heavy atom. The maximum atomic E-state index is 12.7. The smallest absolute Gasteiger partial charge is 0.265 e. The topological polar surface area (TPSA) is 58.2 Å². The molecule has 6 heteroatoms. The quantitative estimate of drug-likeness (QED) is 0.624. The van der Waals surface area contributed by atoms with Gasteiger partial charge in [-0.25, -0.2) is 0 Å². The third-order valence-electron chi connectivity index (χ3n) is 4.50. The first kappa shape index (κ1) is 17.8. The summed E-state index contributed by atoms with van der Waals surface area (Å²) in [5.74, 6) is -0.353. The third kappa shape index (κ3) is 3.61. The second-order valence-corrected chi connectivity index (χ2v) is 7.91. The lowest BCUT2D eigenvalue weighted by atomic mass is 9.91. The minimum atomic E-state index is -0.180. The second kappa shape index (κ2) is 7.18. The van der Waals surface area contributed by atoms with Crippen LogP contribution in [-0.2, 0) is 17.6 Å². The largest absolute Gasteiger partial charge is 0.326 e. The molecule has 0 bridgehead atoms. The van der Waals surface area contributed by atoms with Crippen LogP contribution in [0.4, 0.5) is 11.4 Å². The van der Waals surface area contributed by atoms with Gasteiger partial charge in [0.1, 0.15) is 0 Å². The van der Waals surface area contributed by atoms with Gasteiger partial charge in [-0.2, -0.15) is 0 Å². The Balaban J connectivity index is 1.57. The number of thiophene rings is 1. The molecule has 2 N–H and O–H groups in total. The molecule has 1 aliphatic carbocycles. The molecule has 2 amide bonds. The normalized spacial score (nSPS) is 12.1. The molecule has 3 aromatic rings. The van der Waals surface area contributed by atoms with Crippen molar-refractivity contribution in [2.75, 3.05) is 10.6 Å². The van der Waals surface area contributed by atoms with Crippen molar-refractivity contribution >= 4 is 46.1 Å². The Hall–Kier alpha value is -2.63. The molecule has 0 saturated heterocycles. The van der Waals surface area contributed by atoms with Crippen LogP contribution in [0.1, 0.15) is 27.7 Å². The Morgan fingerprint density at radius 1 is 1.00 bits per heavy atom. The van der Waals surface area contributed by atoms with Crippen LogP contribution in [0.3, 0.4) is 0 Å². The zero-order chi connectivity index (χ0) is 19.0. The summed E-state index contributed by atoms with van der Waals surface area (Å²) in [4.78, 5) is 25.7. The standard InChI is InChI=1S/C21H17ClN2O2S/c1-12(25)23-15-8-9-18(17(22)11-15)24-21(26)19-10-14-7-6-13-4-2-3-5-16(13)20(14)27-19/h2-5,8-11H,6-7H2,1H3,(H,23,25)(H,24,26). The zero-order valence-corrected chi connectivity index (χ0v) is 16.2. The van der Waals surface area contributed by atoms with E-state index in [-0.39, 0.29) is 11.8 Å². The molecule has 0 atom stereocenters. The number of nitrogens with one attached hydrogen (secondary N) is 2. The van der Waals surface area contributed by atoms with Gasteiger partial charge in [0, 0.05) is 17.5 Å². The summed E-state index contributed by atoms with van der Waals surface area (Å²) in [6.07, 6.45) is 1.94. The van der Waals surface area contributed by atoms with Gasteiger partial charge in [0.15, 0.2) is 0 Å². The second-order valence-electron chi connectivity index (χ2n) is 6.45. The molecule has 2 aromatic carbocycles. The van der Waals surface area contributed by atoms with Crippen molar-refractivity contribution in [3.8, 4) is 10.4 Å². The first-order valence-electron chi connectivity index (χ1n) is 8.61. The van der Waals surface area contributed by atoms with Gasteiger partial charge in [0.25, 0.3) is 5.91 Å². The minimum Gasteiger partial charge on any atom is -0.326 e. The molecule has 27 heavy (non-hydrogen) atoms.